The van der Waals surface area contributed by atoms with E-state index >= 15 is 0 Å². The van der Waals surface area contributed by atoms with Gasteiger partial charge in [0.15, 0.2) is 0 Å². The van der Waals surface area contributed by atoms with E-state index in [0.29, 0.717) is 32.2 Å². The number of primary amides is 1. The Morgan fingerprint density at radius 2 is 1.96 bits per heavy atom. The maximum atomic E-state index is 13.0. The van der Waals surface area contributed by atoms with Crippen LogP contribution >= 0.6 is 24.0 Å². The number of hydrogen-bond donors (Lipinski definition) is 6. The van der Waals surface area contributed by atoms with Gasteiger partial charge in [0.1, 0.15) is 5.41 Å². The van der Waals surface area contributed by atoms with Crippen molar-refractivity contribution in [2.75, 3.05) is 6.54 Å². The molecular formula is C18H29N5O3S2. The third kappa shape index (κ3) is 5.62. The highest BCUT2D eigenvalue weighted by molar-refractivity contribution is 7.80. The second kappa shape index (κ2) is 10.1. The van der Waals surface area contributed by atoms with Gasteiger partial charge in [-0.15, -0.1) is 0 Å². The van der Waals surface area contributed by atoms with Gasteiger partial charge in [0, 0.05) is 6.54 Å². The summed E-state index contributed by atoms with van der Waals surface area (Å²) < 4.78 is 0. The van der Waals surface area contributed by atoms with Crippen LogP contribution in [0.15, 0.2) is 16.8 Å². The first kappa shape index (κ1) is 22.5. The van der Waals surface area contributed by atoms with Crippen molar-refractivity contribution in [3.8, 4) is 0 Å². The number of thiophene rings is 1. The van der Waals surface area contributed by atoms with E-state index in [1.54, 1.807) is 11.3 Å². The molecule has 1 saturated carbocycles. The molecule has 1 aliphatic rings. The number of thiol groups is 1. The van der Waals surface area contributed by atoms with Gasteiger partial charge in [-0.3, -0.25) is 9.59 Å². The molecule has 0 spiro atoms. The molecule has 0 aromatic carbocycles. The van der Waals surface area contributed by atoms with Crippen LogP contribution in [0.2, 0.25) is 0 Å². The minimum Gasteiger partial charge on any atom is -0.352 e. The predicted octanol–water partition coefficient (Wildman–Crippen LogP) is 1.24. The lowest BCUT2D eigenvalue weighted by molar-refractivity contribution is -0.150. The average molecular weight is 428 g/mol. The van der Waals surface area contributed by atoms with E-state index in [2.05, 4.69) is 28.6 Å². The lowest BCUT2D eigenvalue weighted by Crippen LogP contribution is -2.59. The Balaban J connectivity index is 1.95. The summed E-state index contributed by atoms with van der Waals surface area (Å²) in [6.45, 7) is 2.29. The first-order valence-corrected chi connectivity index (χ1v) is 10.8. The van der Waals surface area contributed by atoms with Crippen molar-refractivity contribution < 1.29 is 14.4 Å². The van der Waals surface area contributed by atoms with Crippen molar-refractivity contribution in [1.82, 2.24) is 16.0 Å². The third-order valence-corrected chi connectivity index (χ3v) is 6.25. The van der Waals surface area contributed by atoms with E-state index in [9.17, 15) is 14.4 Å². The summed E-state index contributed by atoms with van der Waals surface area (Å²) >= 11 is 5.82. The van der Waals surface area contributed by atoms with Gasteiger partial charge in [0.2, 0.25) is 11.8 Å². The molecule has 1 fully saturated rings. The minimum absolute atomic E-state index is 0.160. The summed E-state index contributed by atoms with van der Waals surface area (Å²) in [5, 5.41) is 11.7. The van der Waals surface area contributed by atoms with Crippen LogP contribution in [-0.4, -0.2) is 35.8 Å². The van der Waals surface area contributed by atoms with Crippen molar-refractivity contribution in [3.63, 3.8) is 0 Å². The molecular weight excluding hydrogens is 398 g/mol. The topological polar surface area (TPSA) is 139 Å². The van der Waals surface area contributed by atoms with Gasteiger partial charge in [-0.05, 0) is 55.0 Å². The minimum atomic E-state index is -1.06. The van der Waals surface area contributed by atoms with Gasteiger partial charge in [0.25, 0.3) is 0 Å². The Bertz CT molecular complexity index is 677. The number of carbonyl (C=O) groups excluding carboxylic acids is 3. The zero-order valence-corrected chi connectivity index (χ0v) is 17.7. The fourth-order valence-electron chi connectivity index (χ4n) is 3.20. The van der Waals surface area contributed by atoms with Gasteiger partial charge >= 0.3 is 6.03 Å². The van der Waals surface area contributed by atoms with Crippen LogP contribution < -0.4 is 27.4 Å². The fourth-order valence-corrected chi connectivity index (χ4v) is 4.17. The molecule has 1 heterocycles. The number of nitrogens with two attached hydrogens (primary N) is 2. The van der Waals surface area contributed by atoms with Gasteiger partial charge in [0.05, 0.1) is 17.5 Å². The van der Waals surface area contributed by atoms with E-state index < -0.39 is 22.9 Å². The van der Waals surface area contributed by atoms with E-state index in [1.165, 1.54) is 0 Å². The SMILES string of the molecule is C[C@@H](NC(=O)C1(C(=O)N[C@@H](CCCNC(N)=O)C(N)S)CCC1)c1ccsc1. The van der Waals surface area contributed by atoms with Gasteiger partial charge < -0.3 is 27.4 Å². The van der Waals surface area contributed by atoms with E-state index in [1.807, 2.05) is 23.8 Å². The van der Waals surface area contributed by atoms with Gasteiger partial charge in [-0.1, -0.05) is 6.42 Å². The first-order valence-electron chi connectivity index (χ1n) is 9.37. The summed E-state index contributed by atoms with van der Waals surface area (Å²) in [6, 6.07) is 0.789. The highest BCUT2D eigenvalue weighted by Crippen LogP contribution is 2.42. The lowest BCUT2D eigenvalue weighted by Gasteiger charge is -2.40. The van der Waals surface area contributed by atoms with Gasteiger partial charge in [-0.25, -0.2) is 4.79 Å². The quantitative estimate of drug-likeness (QED) is 0.145. The van der Waals surface area contributed by atoms with Crippen LogP contribution in [0.3, 0.4) is 0 Å². The van der Waals surface area contributed by atoms with Crippen LogP contribution in [0, 0.1) is 5.41 Å². The molecule has 1 unspecified atom stereocenters. The van der Waals surface area contributed by atoms with Crippen molar-refractivity contribution in [2.45, 2.75) is 56.5 Å². The van der Waals surface area contributed by atoms with Crippen LogP contribution in [0.1, 0.15) is 50.6 Å². The zero-order chi connectivity index (χ0) is 20.7. The highest BCUT2D eigenvalue weighted by Gasteiger charge is 2.51. The molecule has 1 aromatic heterocycles. The maximum absolute atomic E-state index is 13.0. The molecule has 28 heavy (non-hydrogen) atoms. The molecule has 2 rings (SSSR count). The zero-order valence-electron chi connectivity index (χ0n) is 15.9. The molecule has 0 saturated heterocycles. The molecule has 4 amide bonds. The second-order valence-corrected chi connectivity index (χ2v) is 8.57. The molecule has 0 radical (unpaired) electrons. The van der Waals surface area contributed by atoms with E-state index in [-0.39, 0.29) is 17.9 Å². The number of hydrogen-bond acceptors (Lipinski definition) is 6. The summed E-state index contributed by atoms with van der Waals surface area (Å²) in [6.07, 6.45) is 2.95. The average Bonchev–Trinajstić information content (AvgIpc) is 3.10. The Morgan fingerprint density at radius 3 is 2.46 bits per heavy atom. The van der Waals surface area contributed by atoms with Crippen molar-refractivity contribution in [2.24, 2.45) is 16.9 Å². The number of rotatable bonds is 10. The molecule has 8 nitrogen and oxygen atoms in total. The molecule has 3 atom stereocenters. The largest absolute Gasteiger partial charge is 0.352 e. The summed E-state index contributed by atoms with van der Waals surface area (Å²) in [7, 11) is 0. The number of urea groups is 1. The Hall–Kier alpha value is -1.78. The van der Waals surface area contributed by atoms with Crippen LogP contribution in [-0.2, 0) is 9.59 Å². The van der Waals surface area contributed by atoms with Crippen LogP contribution in [0.25, 0.3) is 0 Å². The summed E-state index contributed by atoms with van der Waals surface area (Å²) in [5.74, 6) is -0.567. The number of carbonyl (C=O) groups is 3. The lowest BCUT2D eigenvalue weighted by atomic mass is 9.67. The molecule has 1 aliphatic carbocycles. The Kier molecular flexibility index (Phi) is 8.14. The highest BCUT2D eigenvalue weighted by atomic mass is 32.1. The number of amides is 4. The molecule has 156 valence electrons. The maximum Gasteiger partial charge on any atom is 0.312 e. The standard InChI is InChI=1S/C18H29N5O3S2/c1-11(12-5-9-28-10-12)22-15(24)18(6-3-7-18)16(25)23-13(14(19)27)4-2-8-21-17(20)26/h5,9-11,13-14,27H,2-4,6-8,19H2,1H3,(H,22,24)(H,23,25)(H3,20,21,26)/t11-,13+,14?/m1/s1. The van der Waals surface area contributed by atoms with Crippen LogP contribution in [0.5, 0.6) is 0 Å². The first-order chi connectivity index (χ1) is 13.3. The van der Waals surface area contributed by atoms with Crippen molar-refractivity contribution >= 4 is 41.8 Å². The molecule has 1 aromatic rings. The molecule has 7 N–H and O–H groups in total. The molecule has 0 bridgehead atoms. The normalized spacial score (nSPS) is 18.2. The third-order valence-electron chi connectivity index (χ3n) is 5.19. The molecule has 0 aliphatic heterocycles. The van der Waals surface area contributed by atoms with E-state index in [4.69, 9.17) is 11.5 Å². The smallest absolute Gasteiger partial charge is 0.312 e. The monoisotopic (exact) mass is 427 g/mol. The van der Waals surface area contributed by atoms with Crippen molar-refractivity contribution in [3.05, 3.63) is 22.4 Å². The summed E-state index contributed by atoms with van der Waals surface area (Å²) in [5.41, 5.74) is 10.9. The Morgan fingerprint density at radius 1 is 1.29 bits per heavy atom. The Labute approximate surface area is 174 Å². The van der Waals surface area contributed by atoms with Crippen molar-refractivity contribution in [1.29, 1.82) is 0 Å². The second-order valence-electron chi connectivity index (χ2n) is 7.19. The van der Waals surface area contributed by atoms with Gasteiger partial charge in [-0.2, -0.15) is 24.0 Å². The fraction of sp³-hybridized carbons (Fsp3) is 0.611. The van der Waals surface area contributed by atoms with Crippen LogP contribution in [0.4, 0.5) is 4.79 Å². The molecule has 10 heteroatoms. The summed E-state index contributed by atoms with van der Waals surface area (Å²) in [4.78, 5) is 36.6. The number of nitrogens with one attached hydrogen (secondary N) is 3. The van der Waals surface area contributed by atoms with E-state index in [0.717, 1.165) is 12.0 Å². The predicted molar refractivity (Wildman–Crippen MR) is 113 cm³/mol.